The number of rotatable bonds is 2. The van der Waals surface area contributed by atoms with Crippen LogP contribution in [0.4, 0.5) is 5.69 Å². The van der Waals surface area contributed by atoms with Crippen molar-refractivity contribution < 1.29 is 14.6 Å². The molecule has 92 valence electrons. The van der Waals surface area contributed by atoms with Gasteiger partial charge in [-0.1, -0.05) is 11.6 Å². The number of aromatic hydroxyl groups is 1. The van der Waals surface area contributed by atoms with Crippen molar-refractivity contribution in [3.05, 3.63) is 23.2 Å². The van der Waals surface area contributed by atoms with Gasteiger partial charge in [-0.15, -0.1) is 0 Å². The first-order valence-corrected chi connectivity index (χ1v) is 5.58. The first-order valence-electron chi connectivity index (χ1n) is 5.20. The zero-order valence-corrected chi connectivity index (χ0v) is 9.78. The van der Waals surface area contributed by atoms with Crippen LogP contribution < -0.4 is 11.1 Å². The SMILES string of the molecule is NC1COCC1C(=O)Nc1ccc(O)c(Cl)c1. The molecule has 1 amide bonds. The van der Waals surface area contributed by atoms with Crippen LogP contribution in [-0.4, -0.2) is 30.3 Å². The molecule has 1 heterocycles. The van der Waals surface area contributed by atoms with E-state index in [0.717, 1.165) is 0 Å². The summed E-state index contributed by atoms with van der Waals surface area (Å²) >= 11 is 5.73. The molecule has 1 aromatic carbocycles. The van der Waals surface area contributed by atoms with Gasteiger partial charge in [0.05, 0.1) is 24.2 Å². The van der Waals surface area contributed by atoms with Gasteiger partial charge in [-0.05, 0) is 18.2 Å². The van der Waals surface area contributed by atoms with Crippen molar-refractivity contribution in [2.75, 3.05) is 18.5 Å². The summed E-state index contributed by atoms with van der Waals surface area (Å²) in [5, 5.41) is 12.1. The lowest BCUT2D eigenvalue weighted by molar-refractivity contribution is -0.120. The highest BCUT2D eigenvalue weighted by molar-refractivity contribution is 6.32. The number of hydrogen-bond donors (Lipinski definition) is 3. The lowest BCUT2D eigenvalue weighted by Crippen LogP contribution is -2.37. The fourth-order valence-corrected chi connectivity index (χ4v) is 1.84. The molecule has 1 aromatic rings. The summed E-state index contributed by atoms with van der Waals surface area (Å²) in [7, 11) is 0. The lowest BCUT2D eigenvalue weighted by atomic mass is 10.0. The molecular weight excluding hydrogens is 244 g/mol. The Kier molecular flexibility index (Phi) is 3.51. The fourth-order valence-electron chi connectivity index (χ4n) is 1.66. The third-order valence-electron chi connectivity index (χ3n) is 2.68. The van der Waals surface area contributed by atoms with E-state index in [-0.39, 0.29) is 28.6 Å². The molecule has 0 saturated carbocycles. The van der Waals surface area contributed by atoms with Crippen molar-refractivity contribution in [2.24, 2.45) is 11.7 Å². The monoisotopic (exact) mass is 256 g/mol. The first-order chi connectivity index (χ1) is 8.08. The molecule has 1 fully saturated rings. The van der Waals surface area contributed by atoms with Crippen LogP contribution >= 0.6 is 11.6 Å². The number of ether oxygens (including phenoxy) is 1. The molecule has 0 spiro atoms. The van der Waals surface area contributed by atoms with Crippen LogP contribution in [0.15, 0.2) is 18.2 Å². The number of nitrogens with one attached hydrogen (secondary N) is 1. The Morgan fingerprint density at radius 2 is 2.29 bits per heavy atom. The van der Waals surface area contributed by atoms with Crippen molar-refractivity contribution >= 4 is 23.2 Å². The number of anilines is 1. The normalized spacial score (nSPS) is 23.6. The second kappa shape index (κ2) is 4.91. The summed E-state index contributed by atoms with van der Waals surface area (Å²) in [6.07, 6.45) is 0. The van der Waals surface area contributed by atoms with Gasteiger partial charge in [-0.3, -0.25) is 4.79 Å². The molecule has 1 aliphatic rings. The quantitative estimate of drug-likeness (QED) is 0.688. The number of halogens is 1. The number of phenols is 1. The van der Waals surface area contributed by atoms with Crippen LogP contribution in [0.25, 0.3) is 0 Å². The summed E-state index contributed by atoms with van der Waals surface area (Å²) < 4.78 is 5.12. The van der Waals surface area contributed by atoms with Crippen molar-refractivity contribution in [3.63, 3.8) is 0 Å². The van der Waals surface area contributed by atoms with E-state index in [1.54, 1.807) is 6.07 Å². The smallest absolute Gasteiger partial charge is 0.231 e. The van der Waals surface area contributed by atoms with E-state index in [2.05, 4.69) is 5.32 Å². The lowest BCUT2D eigenvalue weighted by Gasteiger charge is -2.13. The van der Waals surface area contributed by atoms with Gasteiger partial charge < -0.3 is 20.9 Å². The summed E-state index contributed by atoms with van der Waals surface area (Å²) in [5.74, 6) is -0.565. The number of benzene rings is 1. The molecule has 0 bridgehead atoms. The second-order valence-corrected chi connectivity index (χ2v) is 4.37. The van der Waals surface area contributed by atoms with Gasteiger partial charge in [0.15, 0.2) is 0 Å². The van der Waals surface area contributed by atoms with Crippen LogP contribution in [0.1, 0.15) is 0 Å². The summed E-state index contributed by atoms with van der Waals surface area (Å²) in [5.41, 5.74) is 6.26. The van der Waals surface area contributed by atoms with Gasteiger partial charge in [-0.2, -0.15) is 0 Å². The Balaban J connectivity index is 2.05. The molecule has 1 aliphatic heterocycles. The minimum Gasteiger partial charge on any atom is -0.506 e. The standard InChI is InChI=1S/C11H13ClN2O3/c12-8-3-6(1-2-10(8)15)14-11(16)7-4-17-5-9(7)13/h1-3,7,9,15H,4-5,13H2,(H,14,16). The van der Waals surface area contributed by atoms with Crippen LogP contribution in [0.2, 0.25) is 5.02 Å². The van der Waals surface area contributed by atoms with Crippen molar-refractivity contribution in [2.45, 2.75) is 6.04 Å². The molecule has 17 heavy (non-hydrogen) atoms. The Hall–Kier alpha value is -1.30. The van der Waals surface area contributed by atoms with Gasteiger partial charge in [-0.25, -0.2) is 0 Å². The third-order valence-corrected chi connectivity index (χ3v) is 2.98. The maximum Gasteiger partial charge on any atom is 0.231 e. The zero-order chi connectivity index (χ0) is 12.4. The predicted molar refractivity (Wildman–Crippen MR) is 64.0 cm³/mol. The summed E-state index contributed by atoms with van der Waals surface area (Å²) in [6, 6.07) is 4.20. The van der Waals surface area contributed by atoms with Gasteiger partial charge in [0.25, 0.3) is 0 Å². The number of hydrogen-bond acceptors (Lipinski definition) is 4. The van der Waals surface area contributed by atoms with E-state index >= 15 is 0 Å². The molecule has 5 nitrogen and oxygen atoms in total. The minimum absolute atomic E-state index is 0.0226. The number of carbonyl (C=O) groups excluding carboxylic acids is 1. The van der Waals surface area contributed by atoms with Crippen LogP contribution in [0.3, 0.4) is 0 Å². The van der Waals surface area contributed by atoms with Gasteiger partial charge >= 0.3 is 0 Å². The Morgan fingerprint density at radius 1 is 1.53 bits per heavy atom. The van der Waals surface area contributed by atoms with E-state index in [1.807, 2.05) is 0 Å². The molecule has 2 unspecified atom stereocenters. The van der Waals surface area contributed by atoms with E-state index in [0.29, 0.717) is 18.9 Å². The molecule has 0 radical (unpaired) electrons. The van der Waals surface area contributed by atoms with Crippen LogP contribution in [0.5, 0.6) is 5.75 Å². The van der Waals surface area contributed by atoms with Crippen LogP contribution in [-0.2, 0) is 9.53 Å². The highest BCUT2D eigenvalue weighted by Gasteiger charge is 2.31. The molecule has 4 N–H and O–H groups in total. The topological polar surface area (TPSA) is 84.6 Å². The van der Waals surface area contributed by atoms with Crippen molar-refractivity contribution in [3.8, 4) is 5.75 Å². The Labute approximate surface area is 104 Å². The molecule has 2 rings (SSSR count). The summed E-state index contributed by atoms with van der Waals surface area (Å²) in [4.78, 5) is 11.8. The number of nitrogens with two attached hydrogens (primary N) is 1. The number of phenolic OH excluding ortho intramolecular Hbond substituents is 1. The van der Waals surface area contributed by atoms with E-state index in [9.17, 15) is 9.90 Å². The summed E-state index contributed by atoms with van der Waals surface area (Å²) in [6.45, 7) is 0.729. The first kappa shape index (κ1) is 12.2. The average molecular weight is 257 g/mol. The van der Waals surface area contributed by atoms with Gasteiger partial charge in [0.1, 0.15) is 5.75 Å². The Morgan fingerprint density at radius 3 is 2.88 bits per heavy atom. The maximum absolute atomic E-state index is 11.8. The molecule has 0 aliphatic carbocycles. The fraction of sp³-hybridized carbons (Fsp3) is 0.364. The average Bonchev–Trinajstić information content (AvgIpc) is 2.70. The van der Waals surface area contributed by atoms with Crippen molar-refractivity contribution in [1.82, 2.24) is 0 Å². The van der Waals surface area contributed by atoms with Crippen molar-refractivity contribution in [1.29, 1.82) is 0 Å². The van der Waals surface area contributed by atoms with Gasteiger partial charge in [0, 0.05) is 11.7 Å². The molecule has 6 heteroatoms. The molecular formula is C11H13ClN2O3. The van der Waals surface area contributed by atoms with E-state index in [1.165, 1.54) is 12.1 Å². The van der Waals surface area contributed by atoms with E-state index < -0.39 is 0 Å². The maximum atomic E-state index is 11.8. The number of carbonyl (C=O) groups is 1. The van der Waals surface area contributed by atoms with Gasteiger partial charge in [0.2, 0.25) is 5.91 Å². The largest absolute Gasteiger partial charge is 0.506 e. The second-order valence-electron chi connectivity index (χ2n) is 3.96. The predicted octanol–water partition coefficient (Wildman–Crippen LogP) is 0.958. The Bertz CT molecular complexity index is 439. The highest BCUT2D eigenvalue weighted by Crippen LogP contribution is 2.26. The number of amides is 1. The molecule has 0 aromatic heterocycles. The highest BCUT2D eigenvalue weighted by atomic mass is 35.5. The van der Waals surface area contributed by atoms with Crippen LogP contribution in [0, 0.1) is 5.92 Å². The minimum atomic E-state index is -0.345. The van der Waals surface area contributed by atoms with E-state index in [4.69, 9.17) is 22.1 Å². The zero-order valence-electron chi connectivity index (χ0n) is 9.02. The molecule has 2 atom stereocenters. The third kappa shape index (κ3) is 2.69. The molecule has 1 saturated heterocycles.